The molecule has 0 unspecified atom stereocenters. The number of halogens is 3. The molecule has 1 aromatic carbocycles. The first-order valence-corrected chi connectivity index (χ1v) is 7.95. The Hall–Kier alpha value is -2.68. The molecule has 0 bridgehead atoms. The number of alkyl halides is 3. The Morgan fingerprint density at radius 1 is 1.19 bits per heavy atom. The second kappa shape index (κ2) is 8.61. The number of aromatic nitrogens is 2. The van der Waals surface area contributed by atoms with E-state index in [1.807, 2.05) is 19.0 Å². The molecule has 26 heavy (non-hydrogen) atoms. The summed E-state index contributed by atoms with van der Waals surface area (Å²) in [5, 5.41) is 5.50. The fourth-order valence-corrected chi connectivity index (χ4v) is 2.16. The van der Waals surface area contributed by atoms with Gasteiger partial charge < -0.3 is 15.5 Å². The zero-order valence-corrected chi connectivity index (χ0v) is 14.5. The quantitative estimate of drug-likeness (QED) is 0.737. The van der Waals surface area contributed by atoms with Gasteiger partial charge >= 0.3 is 6.18 Å². The van der Waals surface area contributed by atoms with Crippen LogP contribution in [0.15, 0.2) is 36.7 Å². The first kappa shape index (κ1) is 19.6. The van der Waals surface area contributed by atoms with Gasteiger partial charge in [-0.15, -0.1) is 0 Å². The van der Waals surface area contributed by atoms with Crippen molar-refractivity contribution in [2.75, 3.05) is 32.5 Å². The zero-order valence-electron chi connectivity index (χ0n) is 14.5. The number of carbonyl (C=O) groups is 1. The van der Waals surface area contributed by atoms with Crippen LogP contribution in [0.4, 0.5) is 24.7 Å². The highest BCUT2D eigenvalue weighted by Crippen LogP contribution is 2.31. The fraction of sp³-hybridized carbons (Fsp3) is 0.353. The molecule has 1 aromatic heterocycles. The van der Waals surface area contributed by atoms with Gasteiger partial charge in [0.2, 0.25) is 0 Å². The van der Waals surface area contributed by atoms with Gasteiger partial charge in [0.25, 0.3) is 5.91 Å². The lowest BCUT2D eigenvalue weighted by Gasteiger charge is -2.11. The standard InChI is InChI=1S/C17H20F3N5O/c1-25(2)8-4-7-21-16(26)14-10-15(23-11-22-14)24-13-6-3-5-12(9-13)17(18,19)20/h3,5-6,9-11H,4,7-8H2,1-2H3,(H,21,26)(H,22,23,24). The smallest absolute Gasteiger partial charge is 0.351 e. The van der Waals surface area contributed by atoms with Gasteiger partial charge in [0.05, 0.1) is 5.56 Å². The SMILES string of the molecule is CN(C)CCCNC(=O)c1cc(Nc2cccc(C(F)(F)F)c2)ncn1. The minimum absolute atomic E-state index is 0.138. The van der Waals surface area contributed by atoms with Gasteiger partial charge in [0, 0.05) is 18.3 Å². The van der Waals surface area contributed by atoms with E-state index in [4.69, 9.17) is 0 Å². The third-order valence-corrected chi connectivity index (χ3v) is 3.43. The topological polar surface area (TPSA) is 70.2 Å². The molecule has 2 N–H and O–H groups in total. The van der Waals surface area contributed by atoms with Crippen LogP contribution in [-0.2, 0) is 6.18 Å². The summed E-state index contributed by atoms with van der Waals surface area (Å²) in [5.74, 6) is -0.129. The van der Waals surface area contributed by atoms with Crippen LogP contribution in [0.3, 0.4) is 0 Å². The maximum Gasteiger partial charge on any atom is 0.416 e. The zero-order chi connectivity index (χ0) is 19.2. The molecule has 0 saturated heterocycles. The van der Waals surface area contributed by atoms with Crippen LogP contribution in [0, 0.1) is 0 Å². The van der Waals surface area contributed by atoms with Crippen LogP contribution < -0.4 is 10.6 Å². The summed E-state index contributed by atoms with van der Waals surface area (Å²) in [6.07, 6.45) is -2.45. The normalized spacial score (nSPS) is 11.5. The van der Waals surface area contributed by atoms with E-state index in [0.717, 1.165) is 25.1 Å². The summed E-state index contributed by atoms with van der Waals surface area (Å²) in [7, 11) is 3.88. The Labute approximate surface area is 149 Å². The Morgan fingerprint density at radius 2 is 1.96 bits per heavy atom. The molecule has 0 atom stereocenters. The van der Waals surface area contributed by atoms with E-state index in [1.54, 1.807) is 0 Å². The highest BCUT2D eigenvalue weighted by molar-refractivity contribution is 5.92. The molecule has 0 fully saturated rings. The third kappa shape index (κ3) is 5.99. The first-order valence-electron chi connectivity index (χ1n) is 7.95. The molecule has 140 valence electrons. The number of anilines is 2. The summed E-state index contributed by atoms with van der Waals surface area (Å²) in [6, 6.07) is 6.13. The Balaban J connectivity index is 2.02. The molecule has 1 heterocycles. The van der Waals surface area contributed by atoms with Crippen molar-refractivity contribution in [3.8, 4) is 0 Å². The van der Waals surface area contributed by atoms with Crippen LogP contribution >= 0.6 is 0 Å². The number of nitrogens with zero attached hydrogens (tertiary/aromatic N) is 3. The van der Waals surface area contributed by atoms with Crippen molar-refractivity contribution in [1.82, 2.24) is 20.2 Å². The number of amides is 1. The lowest BCUT2D eigenvalue weighted by molar-refractivity contribution is -0.137. The van der Waals surface area contributed by atoms with Gasteiger partial charge in [0.1, 0.15) is 17.8 Å². The summed E-state index contributed by atoms with van der Waals surface area (Å²) in [6.45, 7) is 1.34. The number of hydrogen-bond acceptors (Lipinski definition) is 5. The number of carbonyl (C=O) groups excluding carboxylic acids is 1. The summed E-state index contributed by atoms with van der Waals surface area (Å²) < 4.78 is 38.3. The van der Waals surface area contributed by atoms with Crippen LogP contribution in [0.1, 0.15) is 22.5 Å². The van der Waals surface area contributed by atoms with E-state index < -0.39 is 11.7 Å². The van der Waals surface area contributed by atoms with Crippen molar-refractivity contribution in [1.29, 1.82) is 0 Å². The largest absolute Gasteiger partial charge is 0.416 e. The van der Waals surface area contributed by atoms with Crippen molar-refractivity contribution in [3.63, 3.8) is 0 Å². The molecule has 6 nitrogen and oxygen atoms in total. The van der Waals surface area contributed by atoms with Crippen molar-refractivity contribution >= 4 is 17.4 Å². The molecule has 0 aliphatic rings. The molecule has 0 aliphatic carbocycles. The second-order valence-electron chi connectivity index (χ2n) is 5.90. The Morgan fingerprint density at radius 3 is 2.65 bits per heavy atom. The predicted molar refractivity (Wildman–Crippen MR) is 92.3 cm³/mol. The van der Waals surface area contributed by atoms with E-state index in [-0.39, 0.29) is 23.1 Å². The van der Waals surface area contributed by atoms with Gasteiger partial charge in [-0.1, -0.05) is 6.07 Å². The second-order valence-corrected chi connectivity index (χ2v) is 5.90. The molecular formula is C17H20F3N5O. The number of benzene rings is 1. The average Bonchev–Trinajstić information content (AvgIpc) is 2.58. The van der Waals surface area contributed by atoms with Gasteiger partial charge in [0.15, 0.2) is 0 Å². The maximum atomic E-state index is 12.8. The molecule has 2 aromatic rings. The van der Waals surface area contributed by atoms with Gasteiger partial charge in [-0.3, -0.25) is 4.79 Å². The third-order valence-electron chi connectivity index (χ3n) is 3.43. The van der Waals surface area contributed by atoms with Crippen molar-refractivity contribution in [2.24, 2.45) is 0 Å². The van der Waals surface area contributed by atoms with E-state index >= 15 is 0 Å². The molecule has 0 spiro atoms. The molecule has 9 heteroatoms. The number of nitrogens with one attached hydrogen (secondary N) is 2. The Bertz CT molecular complexity index is 749. The van der Waals surface area contributed by atoms with Crippen LogP contribution in [0.5, 0.6) is 0 Å². The minimum Gasteiger partial charge on any atom is -0.351 e. The number of rotatable bonds is 7. The van der Waals surface area contributed by atoms with Crippen molar-refractivity contribution in [3.05, 3.63) is 47.9 Å². The lowest BCUT2D eigenvalue weighted by Crippen LogP contribution is -2.27. The maximum absolute atomic E-state index is 12.8. The highest BCUT2D eigenvalue weighted by atomic mass is 19.4. The molecule has 0 radical (unpaired) electrons. The first-order chi connectivity index (χ1) is 12.3. The fourth-order valence-electron chi connectivity index (χ4n) is 2.16. The number of hydrogen-bond donors (Lipinski definition) is 2. The predicted octanol–water partition coefficient (Wildman–Crippen LogP) is 2.92. The molecule has 1 amide bonds. The summed E-state index contributed by atoms with van der Waals surface area (Å²) in [4.78, 5) is 21.9. The monoisotopic (exact) mass is 367 g/mol. The van der Waals surface area contributed by atoms with Gasteiger partial charge in [-0.2, -0.15) is 13.2 Å². The highest BCUT2D eigenvalue weighted by Gasteiger charge is 2.30. The van der Waals surface area contributed by atoms with Crippen molar-refractivity contribution < 1.29 is 18.0 Å². The van der Waals surface area contributed by atoms with Crippen LogP contribution in [-0.4, -0.2) is 48.0 Å². The Kier molecular flexibility index (Phi) is 6.51. The van der Waals surface area contributed by atoms with E-state index in [1.165, 1.54) is 24.5 Å². The molecule has 0 aliphatic heterocycles. The summed E-state index contributed by atoms with van der Waals surface area (Å²) >= 11 is 0. The average molecular weight is 367 g/mol. The molecule has 2 rings (SSSR count). The lowest BCUT2D eigenvalue weighted by atomic mass is 10.2. The van der Waals surface area contributed by atoms with Gasteiger partial charge in [-0.25, -0.2) is 9.97 Å². The van der Waals surface area contributed by atoms with Crippen LogP contribution in [0.2, 0.25) is 0 Å². The van der Waals surface area contributed by atoms with E-state index in [0.29, 0.717) is 6.54 Å². The van der Waals surface area contributed by atoms with E-state index in [2.05, 4.69) is 20.6 Å². The van der Waals surface area contributed by atoms with E-state index in [9.17, 15) is 18.0 Å². The minimum atomic E-state index is -4.43. The molecular weight excluding hydrogens is 347 g/mol. The van der Waals surface area contributed by atoms with Crippen molar-refractivity contribution in [2.45, 2.75) is 12.6 Å². The molecule has 0 saturated carbocycles. The van der Waals surface area contributed by atoms with Gasteiger partial charge in [-0.05, 0) is 45.3 Å². The van der Waals surface area contributed by atoms with Crippen LogP contribution in [0.25, 0.3) is 0 Å². The summed E-state index contributed by atoms with van der Waals surface area (Å²) in [5.41, 5.74) is -0.411.